The van der Waals surface area contributed by atoms with Crippen molar-refractivity contribution in [2.24, 2.45) is 0 Å². The Balaban J connectivity index is 2.30. The minimum Gasteiger partial charge on any atom is -0.315 e. The van der Waals surface area contributed by atoms with E-state index in [9.17, 15) is 0 Å². The van der Waals surface area contributed by atoms with Gasteiger partial charge in [0.15, 0.2) is 0 Å². The molecule has 1 unspecified atom stereocenters. The highest BCUT2D eigenvalue weighted by Gasteiger charge is 2.26. The molecule has 1 aliphatic rings. The Bertz CT molecular complexity index is 141. The van der Waals surface area contributed by atoms with Gasteiger partial charge in [-0.15, -0.1) is 0 Å². The van der Waals surface area contributed by atoms with Gasteiger partial charge in [0.25, 0.3) is 0 Å². The van der Waals surface area contributed by atoms with Crippen LogP contribution in [0, 0.1) is 11.3 Å². The standard InChI is InChI=1S/C7H13N3/c1-7(10-5-3-8)2-4-9-6-7/h9-10H,2,4-6H2,1H3. The summed E-state index contributed by atoms with van der Waals surface area (Å²) in [5.74, 6) is 0. The molecule has 56 valence electrons. The largest absolute Gasteiger partial charge is 0.315 e. The average Bonchev–Trinajstić information content (AvgIpc) is 2.33. The summed E-state index contributed by atoms with van der Waals surface area (Å²) < 4.78 is 0. The molecular weight excluding hydrogens is 126 g/mol. The van der Waals surface area contributed by atoms with E-state index in [1.54, 1.807) is 0 Å². The summed E-state index contributed by atoms with van der Waals surface area (Å²) in [4.78, 5) is 0. The van der Waals surface area contributed by atoms with Crippen LogP contribution in [0.2, 0.25) is 0 Å². The lowest BCUT2D eigenvalue weighted by atomic mass is 10.0. The lowest BCUT2D eigenvalue weighted by molar-refractivity contribution is 0.409. The minimum atomic E-state index is 0.162. The summed E-state index contributed by atoms with van der Waals surface area (Å²) in [6.07, 6.45) is 1.12. The number of nitrogens with zero attached hydrogens (tertiary/aromatic N) is 1. The molecule has 1 rings (SSSR count). The summed E-state index contributed by atoms with van der Waals surface area (Å²) in [7, 11) is 0. The minimum absolute atomic E-state index is 0.162. The van der Waals surface area contributed by atoms with Gasteiger partial charge >= 0.3 is 0 Å². The summed E-state index contributed by atoms with van der Waals surface area (Å²) in [5.41, 5.74) is 0.162. The van der Waals surface area contributed by atoms with E-state index < -0.39 is 0 Å². The van der Waals surface area contributed by atoms with Gasteiger partial charge < -0.3 is 5.32 Å². The zero-order valence-electron chi connectivity index (χ0n) is 6.28. The maximum absolute atomic E-state index is 8.31. The van der Waals surface area contributed by atoms with Crippen LogP contribution in [0.25, 0.3) is 0 Å². The number of nitriles is 1. The van der Waals surface area contributed by atoms with Crippen LogP contribution in [0.1, 0.15) is 13.3 Å². The van der Waals surface area contributed by atoms with Crippen molar-refractivity contribution in [2.75, 3.05) is 19.6 Å². The smallest absolute Gasteiger partial charge is 0.0845 e. The van der Waals surface area contributed by atoms with Crippen molar-refractivity contribution in [3.05, 3.63) is 0 Å². The lowest BCUT2D eigenvalue weighted by Crippen LogP contribution is -2.44. The van der Waals surface area contributed by atoms with E-state index in [4.69, 9.17) is 5.26 Å². The molecule has 0 saturated carbocycles. The Hall–Kier alpha value is -0.590. The van der Waals surface area contributed by atoms with Gasteiger partial charge in [-0.2, -0.15) is 5.26 Å². The Kier molecular flexibility index (Phi) is 2.25. The monoisotopic (exact) mass is 139 g/mol. The van der Waals surface area contributed by atoms with E-state index in [1.807, 2.05) is 0 Å². The van der Waals surface area contributed by atoms with Gasteiger partial charge in [0.05, 0.1) is 12.6 Å². The quantitative estimate of drug-likeness (QED) is 0.523. The molecule has 1 saturated heterocycles. The predicted octanol–water partition coefficient (Wildman–Crippen LogP) is -0.148. The van der Waals surface area contributed by atoms with Crippen molar-refractivity contribution in [2.45, 2.75) is 18.9 Å². The molecule has 1 aliphatic heterocycles. The maximum atomic E-state index is 8.31. The van der Waals surface area contributed by atoms with Gasteiger partial charge in [-0.1, -0.05) is 0 Å². The van der Waals surface area contributed by atoms with Crippen molar-refractivity contribution >= 4 is 0 Å². The van der Waals surface area contributed by atoms with Crippen LogP contribution >= 0.6 is 0 Å². The van der Waals surface area contributed by atoms with Crippen LogP contribution < -0.4 is 10.6 Å². The Morgan fingerprint density at radius 2 is 2.60 bits per heavy atom. The molecule has 1 fully saturated rings. The van der Waals surface area contributed by atoms with E-state index in [0.29, 0.717) is 6.54 Å². The lowest BCUT2D eigenvalue weighted by Gasteiger charge is -2.22. The van der Waals surface area contributed by atoms with Crippen LogP contribution in [0.15, 0.2) is 0 Å². The molecule has 0 bridgehead atoms. The third-order valence-electron chi connectivity index (χ3n) is 1.96. The third-order valence-corrected chi connectivity index (χ3v) is 1.96. The van der Waals surface area contributed by atoms with E-state index >= 15 is 0 Å². The van der Waals surface area contributed by atoms with Crippen molar-refractivity contribution in [1.82, 2.24) is 10.6 Å². The maximum Gasteiger partial charge on any atom is 0.0845 e. The van der Waals surface area contributed by atoms with Gasteiger partial charge in [-0.3, -0.25) is 5.32 Å². The summed E-state index contributed by atoms with van der Waals surface area (Å²) in [6, 6.07) is 2.08. The topological polar surface area (TPSA) is 47.9 Å². The van der Waals surface area contributed by atoms with Crippen molar-refractivity contribution in [3.8, 4) is 6.07 Å². The average molecular weight is 139 g/mol. The zero-order chi connectivity index (χ0) is 7.45. The van der Waals surface area contributed by atoms with Crippen molar-refractivity contribution in [3.63, 3.8) is 0 Å². The number of hydrogen-bond acceptors (Lipinski definition) is 3. The van der Waals surface area contributed by atoms with Crippen molar-refractivity contribution < 1.29 is 0 Å². The Morgan fingerprint density at radius 1 is 1.80 bits per heavy atom. The fourth-order valence-electron chi connectivity index (χ4n) is 1.22. The predicted molar refractivity (Wildman–Crippen MR) is 39.5 cm³/mol. The highest BCUT2D eigenvalue weighted by molar-refractivity contribution is 4.93. The third kappa shape index (κ3) is 1.69. The molecule has 0 aromatic carbocycles. The molecule has 0 radical (unpaired) electrons. The van der Waals surface area contributed by atoms with Gasteiger partial charge in [-0.25, -0.2) is 0 Å². The van der Waals surface area contributed by atoms with E-state index in [-0.39, 0.29) is 5.54 Å². The van der Waals surface area contributed by atoms with E-state index in [1.165, 1.54) is 0 Å². The molecule has 3 nitrogen and oxygen atoms in total. The van der Waals surface area contributed by atoms with Gasteiger partial charge in [0, 0.05) is 12.1 Å². The summed E-state index contributed by atoms with van der Waals surface area (Å²) in [6.45, 7) is 4.64. The molecule has 1 heterocycles. The summed E-state index contributed by atoms with van der Waals surface area (Å²) >= 11 is 0. The number of nitrogens with one attached hydrogen (secondary N) is 2. The molecular formula is C7H13N3. The zero-order valence-corrected chi connectivity index (χ0v) is 6.28. The first-order valence-electron chi connectivity index (χ1n) is 3.59. The van der Waals surface area contributed by atoms with Crippen LogP contribution in [0.4, 0.5) is 0 Å². The molecule has 3 heteroatoms. The van der Waals surface area contributed by atoms with Crippen LogP contribution in [-0.2, 0) is 0 Å². The molecule has 1 atom stereocenters. The molecule has 0 aromatic heterocycles. The highest BCUT2D eigenvalue weighted by atomic mass is 15.1. The fourth-order valence-corrected chi connectivity index (χ4v) is 1.22. The fraction of sp³-hybridized carbons (Fsp3) is 0.857. The first kappa shape index (κ1) is 7.52. The van der Waals surface area contributed by atoms with Crippen molar-refractivity contribution in [1.29, 1.82) is 5.26 Å². The second-order valence-electron chi connectivity index (χ2n) is 3.00. The van der Waals surface area contributed by atoms with E-state index in [2.05, 4.69) is 23.6 Å². The number of hydrogen-bond donors (Lipinski definition) is 2. The first-order valence-corrected chi connectivity index (χ1v) is 3.59. The van der Waals surface area contributed by atoms with Gasteiger partial charge in [0.1, 0.15) is 0 Å². The SMILES string of the molecule is CC1(NCC#N)CCNC1. The number of rotatable bonds is 2. The molecule has 0 spiro atoms. The Labute approximate surface area is 61.4 Å². The highest BCUT2D eigenvalue weighted by Crippen LogP contribution is 2.11. The second-order valence-corrected chi connectivity index (χ2v) is 3.00. The molecule has 0 aliphatic carbocycles. The van der Waals surface area contributed by atoms with Gasteiger partial charge in [-0.05, 0) is 19.9 Å². The molecule has 0 aromatic rings. The molecule has 0 amide bonds. The van der Waals surface area contributed by atoms with Crippen LogP contribution in [-0.4, -0.2) is 25.2 Å². The first-order chi connectivity index (χ1) is 4.77. The van der Waals surface area contributed by atoms with Crippen LogP contribution in [0.5, 0.6) is 0 Å². The molecule has 10 heavy (non-hydrogen) atoms. The normalized spacial score (nSPS) is 32.0. The molecule has 2 N–H and O–H groups in total. The van der Waals surface area contributed by atoms with E-state index in [0.717, 1.165) is 19.5 Å². The van der Waals surface area contributed by atoms with Crippen LogP contribution in [0.3, 0.4) is 0 Å². The Morgan fingerprint density at radius 3 is 3.10 bits per heavy atom. The summed E-state index contributed by atoms with van der Waals surface area (Å²) in [5, 5.41) is 14.7. The second kappa shape index (κ2) is 3.00. The van der Waals surface area contributed by atoms with Gasteiger partial charge in [0.2, 0.25) is 0 Å².